The standard InChI is InChI=1S/C20H25N7O2/c1-3-21-15-7-10-26(12-15)13-19(28)23-17-11-18(27-9-4-8-22-27)25-20(24-17)16-6-5-14(2)29-16/h4-6,8-9,11,15,21H,3,7,10,12-13H2,1-2H3,(H,23,24,25,28)/t15-/m0/s1. The van der Waals surface area contributed by atoms with Crippen LogP contribution in [-0.4, -0.2) is 62.8 Å². The highest BCUT2D eigenvalue weighted by molar-refractivity contribution is 5.91. The molecule has 0 unspecified atom stereocenters. The molecule has 1 fully saturated rings. The molecule has 0 radical (unpaired) electrons. The van der Waals surface area contributed by atoms with E-state index in [9.17, 15) is 4.79 Å². The van der Waals surface area contributed by atoms with Crippen molar-refractivity contribution in [3.63, 3.8) is 0 Å². The molecule has 0 saturated carbocycles. The van der Waals surface area contributed by atoms with E-state index < -0.39 is 0 Å². The van der Waals surface area contributed by atoms with Gasteiger partial charge in [0.15, 0.2) is 17.4 Å². The van der Waals surface area contributed by atoms with Gasteiger partial charge in [-0.1, -0.05) is 6.92 Å². The fraction of sp³-hybridized carbons (Fsp3) is 0.400. The molecule has 1 atom stereocenters. The molecular formula is C20H25N7O2. The zero-order valence-corrected chi connectivity index (χ0v) is 16.6. The predicted molar refractivity (Wildman–Crippen MR) is 109 cm³/mol. The number of hydrogen-bond donors (Lipinski definition) is 2. The Hall–Kier alpha value is -3.04. The Morgan fingerprint density at radius 2 is 2.24 bits per heavy atom. The Labute approximate surface area is 169 Å². The fourth-order valence-electron chi connectivity index (χ4n) is 3.50. The number of aryl methyl sites for hydroxylation is 1. The van der Waals surface area contributed by atoms with Gasteiger partial charge in [-0.15, -0.1) is 0 Å². The van der Waals surface area contributed by atoms with Crippen LogP contribution in [0.15, 0.2) is 41.1 Å². The molecule has 3 aromatic rings. The van der Waals surface area contributed by atoms with Crippen LogP contribution in [0.1, 0.15) is 19.1 Å². The molecule has 0 aromatic carbocycles. The lowest BCUT2D eigenvalue weighted by molar-refractivity contribution is -0.117. The first-order valence-electron chi connectivity index (χ1n) is 9.82. The van der Waals surface area contributed by atoms with E-state index in [1.807, 2.05) is 25.1 Å². The first-order valence-corrected chi connectivity index (χ1v) is 9.82. The van der Waals surface area contributed by atoms with Crippen LogP contribution in [0.4, 0.5) is 5.82 Å². The van der Waals surface area contributed by atoms with Crippen LogP contribution < -0.4 is 10.6 Å². The fourth-order valence-corrected chi connectivity index (χ4v) is 3.50. The van der Waals surface area contributed by atoms with E-state index in [4.69, 9.17) is 4.42 Å². The van der Waals surface area contributed by atoms with E-state index in [2.05, 4.69) is 37.5 Å². The summed E-state index contributed by atoms with van der Waals surface area (Å²) in [5, 5.41) is 10.6. The van der Waals surface area contributed by atoms with E-state index in [0.717, 1.165) is 31.8 Å². The molecule has 1 aliphatic rings. The van der Waals surface area contributed by atoms with E-state index in [1.54, 1.807) is 23.1 Å². The van der Waals surface area contributed by atoms with Gasteiger partial charge in [0.25, 0.3) is 0 Å². The number of amides is 1. The van der Waals surface area contributed by atoms with Gasteiger partial charge in [0.2, 0.25) is 5.91 Å². The first kappa shape index (κ1) is 19.3. The van der Waals surface area contributed by atoms with Crippen LogP contribution in [0.5, 0.6) is 0 Å². The second kappa shape index (κ2) is 8.54. The second-order valence-electron chi connectivity index (χ2n) is 7.12. The Bertz CT molecular complexity index is 967. The molecule has 29 heavy (non-hydrogen) atoms. The second-order valence-corrected chi connectivity index (χ2v) is 7.12. The van der Waals surface area contributed by atoms with Gasteiger partial charge in [-0.3, -0.25) is 9.69 Å². The molecule has 0 aliphatic carbocycles. The molecule has 0 bridgehead atoms. The molecule has 0 spiro atoms. The number of carbonyl (C=O) groups is 1. The normalized spacial score (nSPS) is 17.0. The van der Waals surface area contributed by atoms with Crippen LogP contribution in [0.25, 0.3) is 17.4 Å². The number of carbonyl (C=O) groups excluding carboxylic acids is 1. The van der Waals surface area contributed by atoms with E-state index >= 15 is 0 Å². The van der Waals surface area contributed by atoms with E-state index in [1.165, 1.54) is 0 Å². The lowest BCUT2D eigenvalue weighted by Crippen LogP contribution is -2.36. The van der Waals surface area contributed by atoms with Gasteiger partial charge in [0, 0.05) is 37.6 Å². The highest BCUT2D eigenvalue weighted by Gasteiger charge is 2.23. The van der Waals surface area contributed by atoms with Crippen LogP contribution in [0.2, 0.25) is 0 Å². The van der Waals surface area contributed by atoms with Crippen LogP contribution >= 0.6 is 0 Å². The number of aromatic nitrogens is 4. The highest BCUT2D eigenvalue weighted by Crippen LogP contribution is 2.22. The summed E-state index contributed by atoms with van der Waals surface area (Å²) in [4.78, 5) is 23.8. The van der Waals surface area contributed by atoms with Crippen molar-refractivity contribution in [2.45, 2.75) is 26.3 Å². The van der Waals surface area contributed by atoms with Crippen LogP contribution in [0.3, 0.4) is 0 Å². The third kappa shape index (κ3) is 4.69. The third-order valence-electron chi connectivity index (χ3n) is 4.81. The molecule has 1 amide bonds. The maximum Gasteiger partial charge on any atom is 0.239 e. The average molecular weight is 395 g/mol. The number of likely N-dealkylation sites (tertiary alicyclic amines) is 1. The van der Waals surface area contributed by atoms with Crippen molar-refractivity contribution >= 4 is 11.7 Å². The van der Waals surface area contributed by atoms with Crippen molar-refractivity contribution in [2.75, 3.05) is 31.5 Å². The number of likely N-dealkylation sites (N-methyl/N-ethyl adjacent to an activating group) is 1. The largest absolute Gasteiger partial charge is 0.458 e. The zero-order chi connectivity index (χ0) is 20.2. The van der Waals surface area contributed by atoms with Gasteiger partial charge >= 0.3 is 0 Å². The van der Waals surface area contributed by atoms with E-state index in [-0.39, 0.29) is 5.91 Å². The van der Waals surface area contributed by atoms with Crippen LogP contribution in [0, 0.1) is 6.92 Å². The van der Waals surface area contributed by atoms with Crippen molar-refractivity contribution in [2.24, 2.45) is 0 Å². The zero-order valence-electron chi connectivity index (χ0n) is 16.6. The summed E-state index contributed by atoms with van der Waals surface area (Å²) in [6, 6.07) is 7.63. The average Bonchev–Trinajstić information content (AvgIpc) is 3.44. The van der Waals surface area contributed by atoms with Gasteiger partial charge in [0.05, 0.1) is 6.54 Å². The quantitative estimate of drug-likeness (QED) is 0.630. The van der Waals surface area contributed by atoms with Gasteiger partial charge in [-0.05, 0) is 38.1 Å². The summed E-state index contributed by atoms with van der Waals surface area (Å²) >= 11 is 0. The van der Waals surface area contributed by atoms with Gasteiger partial charge in [-0.25, -0.2) is 14.6 Å². The number of anilines is 1. The number of furan rings is 1. The lowest BCUT2D eigenvalue weighted by atomic mass is 10.3. The summed E-state index contributed by atoms with van der Waals surface area (Å²) < 4.78 is 7.28. The van der Waals surface area contributed by atoms with Crippen molar-refractivity contribution in [1.82, 2.24) is 30.0 Å². The van der Waals surface area contributed by atoms with Crippen molar-refractivity contribution in [3.05, 3.63) is 42.4 Å². The highest BCUT2D eigenvalue weighted by atomic mass is 16.3. The maximum absolute atomic E-state index is 12.6. The summed E-state index contributed by atoms with van der Waals surface area (Å²) in [5.41, 5.74) is 0. The minimum absolute atomic E-state index is 0.103. The van der Waals surface area contributed by atoms with Gasteiger partial charge < -0.3 is 15.1 Å². The molecule has 1 aliphatic heterocycles. The van der Waals surface area contributed by atoms with Gasteiger partial charge in [-0.2, -0.15) is 5.10 Å². The Balaban J connectivity index is 1.52. The summed E-state index contributed by atoms with van der Waals surface area (Å²) in [7, 11) is 0. The summed E-state index contributed by atoms with van der Waals surface area (Å²) in [6.07, 6.45) is 4.52. The molecule has 2 N–H and O–H groups in total. The molecule has 4 heterocycles. The first-order chi connectivity index (χ1) is 14.1. The Morgan fingerprint density at radius 3 is 2.97 bits per heavy atom. The Kier molecular flexibility index (Phi) is 5.68. The lowest BCUT2D eigenvalue weighted by Gasteiger charge is -2.16. The van der Waals surface area contributed by atoms with Gasteiger partial charge in [0.1, 0.15) is 11.6 Å². The monoisotopic (exact) mass is 395 g/mol. The third-order valence-corrected chi connectivity index (χ3v) is 4.81. The molecular weight excluding hydrogens is 370 g/mol. The van der Waals surface area contributed by atoms with Crippen molar-refractivity contribution in [1.29, 1.82) is 0 Å². The smallest absolute Gasteiger partial charge is 0.239 e. The molecule has 4 rings (SSSR count). The molecule has 3 aromatic heterocycles. The van der Waals surface area contributed by atoms with Crippen LogP contribution in [-0.2, 0) is 4.79 Å². The predicted octanol–water partition coefficient (Wildman–Crippen LogP) is 1.85. The molecule has 9 heteroatoms. The number of hydrogen-bond acceptors (Lipinski definition) is 7. The summed E-state index contributed by atoms with van der Waals surface area (Å²) in [6.45, 7) is 7.01. The van der Waals surface area contributed by atoms with Crippen molar-refractivity contribution in [3.8, 4) is 17.4 Å². The summed E-state index contributed by atoms with van der Waals surface area (Å²) in [5.74, 6) is 2.58. The SMILES string of the molecule is CCN[C@H]1CCN(CC(=O)Nc2cc(-n3cccn3)nc(-c3ccc(C)o3)n2)C1. The Morgan fingerprint density at radius 1 is 1.34 bits per heavy atom. The molecule has 152 valence electrons. The minimum atomic E-state index is -0.103. The number of rotatable bonds is 7. The molecule has 1 saturated heterocycles. The molecule has 9 nitrogen and oxygen atoms in total. The number of nitrogens with one attached hydrogen (secondary N) is 2. The van der Waals surface area contributed by atoms with E-state index in [0.29, 0.717) is 35.8 Å². The minimum Gasteiger partial charge on any atom is -0.458 e. The van der Waals surface area contributed by atoms with Crippen molar-refractivity contribution < 1.29 is 9.21 Å². The number of nitrogens with zero attached hydrogens (tertiary/aromatic N) is 5. The maximum atomic E-state index is 12.6. The topological polar surface area (TPSA) is 101 Å².